The van der Waals surface area contributed by atoms with Crippen LogP contribution in [0.1, 0.15) is 13.3 Å². The predicted molar refractivity (Wildman–Crippen MR) is 118 cm³/mol. The molecular formula is C22H26ClN3S. The third kappa shape index (κ3) is 4.45. The van der Waals surface area contributed by atoms with Gasteiger partial charge in [-0.2, -0.15) is 0 Å². The molecule has 4 rings (SSSR count). The van der Waals surface area contributed by atoms with Gasteiger partial charge in [0.15, 0.2) is 0 Å². The molecule has 0 aliphatic carbocycles. The molecule has 2 aromatic carbocycles. The van der Waals surface area contributed by atoms with E-state index in [4.69, 9.17) is 11.6 Å². The summed E-state index contributed by atoms with van der Waals surface area (Å²) in [6.07, 6.45) is 3.21. The summed E-state index contributed by atoms with van der Waals surface area (Å²) >= 11 is 8.17. The molecule has 1 saturated heterocycles. The number of hydrogen-bond donors (Lipinski definition) is 1. The van der Waals surface area contributed by atoms with Crippen LogP contribution in [0.5, 0.6) is 0 Å². The number of rotatable bonds is 6. The van der Waals surface area contributed by atoms with Crippen molar-refractivity contribution in [1.82, 2.24) is 9.88 Å². The number of thioether (sulfide) groups is 1. The lowest BCUT2D eigenvalue weighted by molar-refractivity contribution is 0.255. The lowest BCUT2D eigenvalue weighted by Gasteiger charge is -2.36. The number of nitrogens with one attached hydrogen (secondary N) is 1. The van der Waals surface area contributed by atoms with Gasteiger partial charge in [-0.05, 0) is 43.3 Å². The minimum absolute atomic E-state index is 0.566. The quantitative estimate of drug-likeness (QED) is 0.552. The molecule has 0 amide bonds. The van der Waals surface area contributed by atoms with Crippen molar-refractivity contribution in [2.75, 3.05) is 37.6 Å². The van der Waals surface area contributed by atoms with Gasteiger partial charge in [-0.3, -0.25) is 4.90 Å². The topological polar surface area (TPSA) is 22.3 Å². The van der Waals surface area contributed by atoms with E-state index in [2.05, 4.69) is 58.1 Å². The zero-order chi connectivity index (χ0) is 18.6. The van der Waals surface area contributed by atoms with Crippen LogP contribution < -0.4 is 4.90 Å². The van der Waals surface area contributed by atoms with Crippen LogP contribution in [0.25, 0.3) is 10.9 Å². The highest BCUT2D eigenvalue weighted by Gasteiger charge is 2.19. The summed E-state index contributed by atoms with van der Waals surface area (Å²) in [4.78, 5) is 9.62. The van der Waals surface area contributed by atoms with Gasteiger partial charge in [-0.1, -0.05) is 36.7 Å². The summed E-state index contributed by atoms with van der Waals surface area (Å²) in [5.74, 6) is 0. The summed E-state index contributed by atoms with van der Waals surface area (Å²) in [6, 6.07) is 16.9. The summed E-state index contributed by atoms with van der Waals surface area (Å²) in [6.45, 7) is 7.90. The lowest BCUT2D eigenvalue weighted by atomic mass is 10.1. The Labute approximate surface area is 170 Å². The number of hydrogen-bond acceptors (Lipinski definition) is 3. The molecule has 1 aromatic heterocycles. The third-order valence-electron chi connectivity index (χ3n) is 5.30. The Morgan fingerprint density at radius 2 is 1.85 bits per heavy atom. The maximum absolute atomic E-state index is 6.29. The van der Waals surface area contributed by atoms with Gasteiger partial charge in [0.1, 0.15) is 0 Å². The second-order valence-corrected chi connectivity index (χ2v) is 9.08. The van der Waals surface area contributed by atoms with Crippen LogP contribution in [0.4, 0.5) is 5.69 Å². The minimum Gasteiger partial charge on any atom is -0.368 e. The SMILES string of the molecule is CC(CCN1CCN(c2cccc3[nH]ccc23)CC1)Sc1ccccc1Cl. The van der Waals surface area contributed by atoms with Crippen molar-refractivity contribution in [2.45, 2.75) is 23.5 Å². The molecule has 2 heterocycles. The molecule has 142 valence electrons. The molecule has 1 unspecified atom stereocenters. The summed E-state index contributed by atoms with van der Waals surface area (Å²) in [5, 5.41) is 2.76. The fourth-order valence-corrected chi connectivity index (χ4v) is 5.00. The third-order valence-corrected chi connectivity index (χ3v) is 6.99. The van der Waals surface area contributed by atoms with E-state index in [9.17, 15) is 0 Å². The molecule has 1 fully saturated rings. The van der Waals surface area contributed by atoms with E-state index in [0.29, 0.717) is 5.25 Å². The number of anilines is 1. The number of aromatic amines is 1. The van der Waals surface area contributed by atoms with Crippen LogP contribution in [0.3, 0.4) is 0 Å². The van der Waals surface area contributed by atoms with Crippen molar-refractivity contribution < 1.29 is 0 Å². The van der Waals surface area contributed by atoms with Crippen LogP contribution >= 0.6 is 23.4 Å². The number of aromatic nitrogens is 1. The molecule has 0 radical (unpaired) electrons. The van der Waals surface area contributed by atoms with E-state index in [-0.39, 0.29) is 0 Å². The first-order valence-corrected chi connectivity index (χ1v) is 10.9. The molecule has 3 aromatic rings. The van der Waals surface area contributed by atoms with E-state index in [1.807, 2.05) is 30.1 Å². The monoisotopic (exact) mass is 399 g/mol. The van der Waals surface area contributed by atoms with E-state index < -0.39 is 0 Å². The van der Waals surface area contributed by atoms with Gasteiger partial charge in [-0.15, -0.1) is 11.8 Å². The van der Waals surface area contributed by atoms with Gasteiger partial charge in [0.2, 0.25) is 0 Å². The predicted octanol–water partition coefficient (Wildman–Crippen LogP) is 5.51. The fraction of sp³-hybridized carbons (Fsp3) is 0.364. The van der Waals surface area contributed by atoms with Crippen molar-refractivity contribution in [3.63, 3.8) is 0 Å². The first kappa shape index (κ1) is 18.7. The highest BCUT2D eigenvalue weighted by Crippen LogP contribution is 2.31. The summed E-state index contributed by atoms with van der Waals surface area (Å²) in [7, 11) is 0. The first-order valence-electron chi connectivity index (χ1n) is 9.65. The van der Waals surface area contributed by atoms with Gasteiger partial charge in [0, 0.05) is 59.1 Å². The maximum atomic E-state index is 6.29. The Morgan fingerprint density at radius 3 is 2.67 bits per heavy atom. The molecule has 1 N–H and O–H groups in total. The molecule has 27 heavy (non-hydrogen) atoms. The van der Waals surface area contributed by atoms with Crippen molar-refractivity contribution in [3.8, 4) is 0 Å². The smallest absolute Gasteiger partial charge is 0.0541 e. The van der Waals surface area contributed by atoms with Crippen molar-refractivity contribution in [1.29, 1.82) is 0 Å². The van der Waals surface area contributed by atoms with E-state index in [0.717, 1.165) is 37.7 Å². The highest BCUT2D eigenvalue weighted by molar-refractivity contribution is 8.00. The molecule has 1 aliphatic heterocycles. The number of fused-ring (bicyclic) bond motifs is 1. The first-order chi connectivity index (χ1) is 13.2. The van der Waals surface area contributed by atoms with Crippen molar-refractivity contribution in [3.05, 3.63) is 59.8 Å². The number of benzene rings is 2. The molecule has 0 bridgehead atoms. The van der Waals surface area contributed by atoms with E-state index >= 15 is 0 Å². The molecule has 5 heteroatoms. The minimum atomic E-state index is 0.566. The fourth-order valence-electron chi connectivity index (χ4n) is 3.74. The van der Waals surface area contributed by atoms with Crippen LogP contribution in [0, 0.1) is 0 Å². The van der Waals surface area contributed by atoms with Gasteiger partial charge in [-0.25, -0.2) is 0 Å². The van der Waals surface area contributed by atoms with E-state index in [1.165, 1.54) is 27.9 Å². The molecule has 0 saturated carbocycles. The summed E-state index contributed by atoms with van der Waals surface area (Å²) < 4.78 is 0. The lowest BCUT2D eigenvalue weighted by Crippen LogP contribution is -2.47. The molecule has 1 aliphatic rings. The van der Waals surface area contributed by atoms with Crippen LogP contribution in [-0.2, 0) is 0 Å². The normalized spacial score (nSPS) is 16.7. The number of halogens is 1. The van der Waals surface area contributed by atoms with Crippen LogP contribution in [0.2, 0.25) is 5.02 Å². The zero-order valence-electron chi connectivity index (χ0n) is 15.7. The van der Waals surface area contributed by atoms with Gasteiger partial charge in [0.05, 0.1) is 5.02 Å². The number of piperazine rings is 1. The maximum Gasteiger partial charge on any atom is 0.0541 e. The standard InChI is InChI=1S/C22H26ClN3S/c1-17(27-22-8-3-2-5-19(22)23)10-12-25-13-15-26(16-14-25)21-7-4-6-20-18(21)9-11-24-20/h2-9,11,17,24H,10,12-16H2,1H3. The number of H-pyrrole nitrogens is 1. The van der Waals surface area contributed by atoms with Gasteiger partial charge >= 0.3 is 0 Å². The Morgan fingerprint density at radius 1 is 1.04 bits per heavy atom. The van der Waals surface area contributed by atoms with Gasteiger partial charge < -0.3 is 9.88 Å². The zero-order valence-corrected chi connectivity index (χ0v) is 17.3. The van der Waals surface area contributed by atoms with Gasteiger partial charge in [0.25, 0.3) is 0 Å². The average Bonchev–Trinajstić information content (AvgIpc) is 3.17. The van der Waals surface area contributed by atoms with Crippen LogP contribution in [-0.4, -0.2) is 47.9 Å². The highest BCUT2D eigenvalue weighted by atomic mass is 35.5. The second-order valence-electron chi connectivity index (χ2n) is 7.19. The van der Waals surface area contributed by atoms with Crippen LogP contribution in [0.15, 0.2) is 59.6 Å². The molecule has 3 nitrogen and oxygen atoms in total. The summed E-state index contributed by atoms with van der Waals surface area (Å²) in [5.41, 5.74) is 2.58. The average molecular weight is 400 g/mol. The largest absolute Gasteiger partial charge is 0.368 e. The van der Waals surface area contributed by atoms with Crippen molar-refractivity contribution >= 4 is 40.0 Å². The second kappa shape index (κ2) is 8.59. The molecule has 0 spiro atoms. The Bertz CT molecular complexity index is 886. The Balaban J connectivity index is 1.27. The Kier molecular flexibility index (Phi) is 5.96. The van der Waals surface area contributed by atoms with E-state index in [1.54, 1.807) is 0 Å². The molecular weight excluding hydrogens is 374 g/mol. The molecule has 1 atom stereocenters. The van der Waals surface area contributed by atoms with Crippen molar-refractivity contribution in [2.24, 2.45) is 0 Å². The number of nitrogens with zero attached hydrogens (tertiary/aromatic N) is 2. The Hall–Kier alpha value is -1.62.